The lowest BCUT2D eigenvalue weighted by atomic mass is 9.98. The van der Waals surface area contributed by atoms with Gasteiger partial charge in [0.15, 0.2) is 0 Å². The van der Waals surface area contributed by atoms with Gasteiger partial charge < -0.3 is 44.6 Å². The lowest BCUT2D eigenvalue weighted by Gasteiger charge is -2.31. The molecule has 1 saturated carbocycles. The summed E-state index contributed by atoms with van der Waals surface area (Å²) >= 11 is 0. The third-order valence-electron chi connectivity index (χ3n) is 13.8. The van der Waals surface area contributed by atoms with Gasteiger partial charge >= 0.3 is 12.2 Å². The number of aromatic nitrogens is 4. The van der Waals surface area contributed by atoms with Crippen LogP contribution in [0.15, 0.2) is 91.0 Å². The second kappa shape index (κ2) is 17.6. The third kappa shape index (κ3) is 8.48. The van der Waals surface area contributed by atoms with Crippen molar-refractivity contribution in [1.29, 1.82) is 0 Å². The molecule has 352 valence electrons. The van der Waals surface area contributed by atoms with E-state index in [-0.39, 0.29) is 41.8 Å². The van der Waals surface area contributed by atoms with Crippen LogP contribution in [0.25, 0.3) is 54.7 Å². The fourth-order valence-electron chi connectivity index (χ4n) is 10.5. The zero-order valence-corrected chi connectivity index (χ0v) is 39.5. The van der Waals surface area contributed by atoms with E-state index >= 15 is 0 Å². The maximum absolute atomic E-state index is 14.6. The highest BCUT2D eigenvalue weighted by Crippen LogP contribution is 2.53. The number of piperidine rings is 1. The molecule has 3 aliphatic rings. The number of methoxy groups -OCH3 is 2. The Bertz CT molecular complexity index is 3080. The summed E-state index contributed by atoms with van der Waals surface area (Å²) in [6.07, 6.45) is 1.14. The number of carbonyl (C=O) groups excluding carboxylic acids is 4. The SMILES string of the molecule is COC[C@H]1C[C@@H](c2nc3c(ccc4cc(-c5ccc6c(ccc7[nH]c([C@@H]8CC9C[C@H]9N8C(=O)[C@@H](NC(=O)OC)C(C)C)nc76)c5)ccc43)[nH]2)N(C(=O)[C@H](NC(=O)OC(C)(C)C)c2ccccc2)C1. The van der Waals surface area contributed by atoms with Gasteiger partial charge in [0.1, 0.15) is 29.3 Å². The van der Waals surface area contributed by atoms with Crippen LogP contribution >= 0.6 is 0 Å². The lowest BCUT2D eigenvalue weighted by molar-refractivity contribution is -0.137. The van der Waals surface area contributed by atoms with Gasteiger partial charge in [0.25, 0.3) is 5.91 Å². The molecule has 15 nitrogen and oxygen atoms in total. The van der Waals surface area contributed by atoms with E-state index in [0.29, 0.717) is 36.9 Å². The summed E-state index contributed by atoms with van der Waals surface area (Å²) in [4.78, 5) is 75.2. The van der Waals surface area contributed by atoms with Crippen molar-refractivity contribution in [3.05, 3.63) is 108 Å². The minimum Gasteiger partial charge on any atom is -0.453 e. The monoisotopic (exact) mass is 918 g/mol. The van der Waals surface area contributed by atoms with E-state index in [4.69, 9.17) is 24.2 Å². The number of hydrogen-bond acceptors (Lipinski definition) is 9. The molecule has 1 aliphatic carbocycles. The van der Waals surface area contributed by atoms with Crippen LogP contribution in [0.5, 0.6) is 0 Å². The van der Waals surface area contributed by atoms with E-state index in [1.807, 2.05) is 60.0 Å². The molecule has 10 rings (SSSR count). The van der Waals surface area contributed by atoms with Crippen molar-refractivity contribution < 1.29 is 33.4 Å². The Labute approximate surface area is 394 Å². The van der Waals surface area contributed by atoms with E-state index in [9.17, 15) is 19.2 Å². The molecule has 2 saturated heterocycles. The molecule has 0 spiro atoms. The van der Waals surface area contributed by atoms with Gasteiger partial charge in [0.2, 0.25) is 5.91 Å². The van der Waals surface area contributed by atoms with E-state index < -0.39 is 29.9 Å². The van der Waals surface area contributed by atoms with Gasteiger partial charge in [-0.3, -0.25) is 9.59 Å². The lowest BCUT2D eigenvalue weighted by Crippen LogP contribution is -2.52. The zero-order chi connectivity index (χ0) is 47.6. The average Bonchev–Trinajstić information content (AvgIpc) is 3.74. The number of carbonyl (C=O) groups is 4. The summed E-state index contributed by atoms with van der Waals surface area (Å²) in [5.74, 6) is 1.45. The summed E-state index contributed by atoms with van der Waals surface area (Å²) in [6.45, 7) is 10.1. The van der Waals surface area contributed by atoms with Gasteiger partial charge in [-0.1, -0.05) is 80.6 Å². The van der Waals surface area contributed by atoms with Crippen LogP contribution in [0, 0.1) is 17.8 Å². The Morgan fingerprint density at radius 1 is 0.735 bits per heavy atom. The molecule has 0 radical (unpaired) electrons. The molecular weight excluding hydrogens is 861 g/mol. The average molecular weight is 919 g/mol. The largest absolute Gasteiger partial charge is 0.453 e. The van der Waals surface area contributed by atoms with Gasteiger partial charge in [-0.25, -0.2) is 19.6 Å². The second-order valence-electron chi connectivity index (χ2n) is 20.0. The van der Waals surface area contributed by atoms with Crippen LogP contribution in [-0.4, -0.2) is 98.8 Å². The van der Waals surface area contributed by atoms with E-state index in [2.05, 4.69) is 75.2 Å². The van der Waals surface area contributed by atoms with Crippen molar-refractivity contribution in [2.24, 2.45) is 17.8 Å². The minimum atomic E-state index is -0.969. The Morgan fingerprint density at radius 3 is 1.93 bits per heavy atom. The predicted molar refractivity (Wildman–Crippen MR) is 259 cm³/mol. The Hall–Kier alpha value is -7.00. The number of ether oxygens (including phenoxy) is 3. The molecule has 4 amide bonds. The molecule has 4 N–H and O–H groups in total. The number of imidazole rings is 2. The van der Waals surface area contributed by atoms with Crippen LogP contribution in [-0.2, 0) is 23.8 Å². The van der Waals surface area contributed by atoms with Gasteiger partial charge in [-0.05, 0) is 104 Å². The van der Waals surface area contributed by atoms with E-state index in [0.717, 1.165) is 73.4 Å². The second-order valence-corrected chi connectivity index (χ2v) is 20.0. The number of benzene rings is 5. The number of alkyl carbamates (subject to hydrolysis) is 2. The standard InChI is InChI=1S/C53H58N8O7/c1-28(2)43(58-51(64)67-7)50(63)61-40-24-35(40)25-42(61)48-55-39-20-16-34-23-32(14-18-37(34)46(39)57-48)31-13-17-36-33(22-31)15-19-38-45(36)56-47(54-38)41-21-29(27-66-6)26-60(41)49(62)44(30-11-9-8-10-12-30)59-52(65)68-53(3,4)5/h8-20,22-23,28-29,35,40-44H,21,24-27H2,1-7H3,(H,54,56)(H,55,57)(H,58,64)(H,59,65)/t29-,35?,40+,41-,42-,43-,44+/m0/s1. The van der Waals surface area contributed by atoms with Crippen LogP contribution < -0.4 is 10.6 Å². The molecule has 3 fully saturated rings. The van der Waals surface area contributed by atoms with Crippen molar-refractivity contribution in [1.82, 2.24) is 40.4 Å². The maximum atomic E-state index is 14.6. The molecule has 15 heteroatoms. The summed E-state index contributed by atoms with van der Waals surface area (Å²) in [5.41, 5.74) is 5.46. The summed E-state index contributed by atoms with van der Waals surface area (Å²) < 4.78 is 16.0. The molecule has 0 bridgehead atoms. The number of amides is 4. The van der Waals surface area contributed by atoms with Crippen molar-refractivity contribution in [3.8, 4) is 11.1 Å². The normalized spacial score (nSPS) is 21.1. The molecule has 68 heavy (non-hydrogen) atoms. The number of hydrogen-bond donors (Lipinski definition) is 4. The summed E-state index contributed by atoms with van der Waals surface area (Å²) in [5, 5.41) is 9.69. The third-order valence-corrected chi connectivity index (χ3v) is 13.8. The molecule has 7 atom stereocenters. The Kier molecular flexibility index (Phi) is 11.6. The van der Waals surface area contributed by atoms with Gasteiger partial charge in [-0.15, -0.1) is 0 Å². The highest BCUT2D eigenvalue weighted by Gasteiger charge is 2.56. The summed E-state index contributed by atoms with van der Waals surface area (Å²) in [6, 6.07) is 28.2. The topological polar surface area (TPSA) is 184 Å². The molecule has 4 heterocycles. The number of H-pyrrole nitrogens is 2. The first-order valence-electron chi connectivity index (χ1n) is 23.5. The molecule has 2 aliphatic heterocycles. The van der Waals surface area contributed by atoms with Gasteiger partial charge in [0.05, 0.1) is 47.9 Å². The van der Waals surface area contributed by atoms with E-state index in [1.54, 1.807) is 27.9 Å². The smallest absolute Gasteiger partial charge is 0.408 e. The minimum absolute atomic E-state index is 0.0622. The van der Waals surface area contributed by atoms with Crippen molar-refractivity contribution in [2.45, 2.75) is 89.7 Å². The number of likely N-dealkylation sites (tertiary alicyclic amines) is 2. The predicted octanol–water partition coefficient (Wildman–Crippen LogP) is 9.26. The quantitative estimate of drug-likeness (QED) is 0.0983. The van der Waals surface area contributed by atoms with Gasteiger partial charge in [0, 0.05) is 36.4 Å². The number of aromatic amines is 2. The van der Waals surface area contributed by atoms with Crippen LogP contribution in [0.2, 0.25) is 0 Å². The first kappa shape index (κ1) is 44.8. The highest BCUT2D eigenvalue weighted by molar-refractivity contribution is 6.07. The number of nitrogens with zero attached hydrogens (tertiary/aromatic N) is 4. The molecule has 7 aromatic rings. The van der Waals surface area contributed by atoms with Crippen LogP contribution in [0.4, 0.5) is 9.59 Å². The Balaban J connectivity index is 0.920. The number of fused-ring (bicyclic) bond motifs is 7. The van der Waals surface area contributed by atoms with Crippen LogP contribution in [0.1, 0.15) is 89.2 Å². The Morgan fingerprint density at radius 2 is 1.35 bits per heavy atom. The van der Waals surface area contributed by atoms with Crippen molar-refractivity contribution in [2.75, 3.05) is 27.4 Å². The molecule has 1 unspecified atom stereocenters. The molecule has 2 aromatic heterocycles. The van der Waals surface area contributed by atoms with E-state index in [1.165, 1.54) is 7.11 Å². The van der Waals surface area contributed by atoms with Crippen molar-refractivity contribution >= 4 is 67.6 Å². The fraction of sp³-hybridized carbons (Fsp3) is 0.396. The zero-order valence-electron chi connectivity index (χ0n) is 39.5. The summed E-state index contributed by atoms with van der Waals surface area (Å²) in [7, 11) is 2.97. The van der Waals surface area contributed by atoms with Crippen molar-refractivity contribution in [3.63, 3.8) is 0 Å². The molecule has 5 aromatic carbocycles. The number of rotatable bonds is 11. The maximum Gasteiger partial charge on any atom is 0.408 e. The highest BCUT2D eigenvalue weighted by atomic mass is 16.6. The molecular formula is C53H58N8O7. The first-order valence-corrected chi connectivity index (χ1v) is 23.5. The number of nitrogens with one attached hydrogen (secondary N) is 4. The van der Waals surface area contributed by atoms with Gasteiger partial charge in [-0.2, -0.15) is 0 Å². The van der Waals surface area contributed by atoms with Crippen LogP contribution in [0.3, 0.4) is 0 Å². The first-order chi connectivity index (χ1) is 32.7. The fourth-order valence-corrected chi connectivity index (χ4v) is 10.5.